The number of benzene rings is 1. The maximum Gasteiger partial charge on any atom is 0.163 e. The van der Waals surface area contributed by atoms with Gasteiger partial charge in [0.05, 0.1) is 7.11 Å². The molecule has 2 bridgehead atoms. The fourth-order valence-corrected chi connectivity index (χ4v) is 4.62. The predicted octanol–water partition coefficient (Wildman–Crippen LogP) is 3.74. The Labute approximate surface area is 125 Å². The third kappa shape index (κ3) is 1.81. The summed E-state index contributed by atoms with van der Waals surface area (Å²) in [6.45, 7) is 2.23. The van der Waals surface area contributed by atoms with Crippen LogP contribution in [0.5, 0.6) is 5.75 Å². The lowest BCUT2D eigenvalue weighted by atomic mass is 9.81. The highest BCUT2D eigenvalue weighted by molar-refractivity contribution is 6.04. The molecule has 2 fully saturated rings. The summed E-state index contributed by atoms with van der Waals surface area (Å²) in [5.74, 6) is 3.53. The van der Waals surface area contributed by atoms with Crippen molar-refractivity contribution in [3.8, 4) is 5.75 Å². The summed E-state index contributed by atoms with van der Waals surface area (Å²) >= 11 is 0. The smallest absolute Gasteiger partial charge is 0.163 e. The molecule has 3 aliphatic carbocycles. The molecular formula is C19H20O2. The van der Waals surface area contributed by atoms with Crippen molar-refractivity contribution in [3.05, 3.63) is 47.6 Å². The SMILES string of the molecule is COc1ccc(/C=C2/C(=O)C3C4C=CC(C4)C3C2C)cc1. The van der Waals surface area contributed by atoms with Crippen LogP contribution in [0.25, 0.3) is 6.08 Å². The van der Waals surface area contributed by atoms with Gasteiger partial charge in [-0.3, -0.25) is 4.79 Å². The number of allylic oxidation sites excluding steroid dienone is 3. The molecule has 0 aromatic heterocycles. The van der Waals surface area contributed by atoms with Gasteiger partial charge in [0.15, 0.2) is 5.78 Å². The maximum atomic E-state index is 12.8. The van der Waals surface area contributed by atoms with Crippen LogP contribution in [0.15, 0.2) is 42.0 Å². The van der Waals surface area contributed by atoms with Gasteiger partial charge in [-0.15, -0.1) is 0 Å². The van der Waals surface area contributed by atoms with Gasteiger partial charge in [-0.2, -0.15) is 0 Å². The lowest BCUT2D eigenvalue weighted by Gasteiger charge is -2.21. The number of Topliss-reactive ketones (excluding diaryl/α,β-unsaturated/α-hetero) is 1. The Morgan fingerprint density at radius 1 is 1.14 bits per heavy atom. The standard InChI is InChI=1S/C19H20O2/c1-11-16(9-12-3-7-15(21-2)8-4-12)19(20)18-14-6-5-13(10-14)17(11)18/h3-9,11,13-14,17-18H,10H2,1-2H3/b16-9+. The van der Waals surface area contributed by atoms with E-state index in [1.165, 1.54) is 6.42 Å². The van der Waals surface area contributed by atoms with Gasteiger partial charge in [-0.1, -0.05) is 31.2 Å². The lowest BCUT2D eigenvalue weighted by molar-refractivity contribution is -0.118. The molecule has 0 aliphatic heterocycles. The number of hydrogen-bond acceptors (Lipinski definition) is 2. The average molecular weight is 280 g/mol. The average Bonchev–Trinajstić information content (AvgIpc) is 3.18. The van der Waals surface area contributed by atoms with Crippen LogP contribution in [-0.2, 0) is 4.79 Å². The number of hydrogen-bond donors (Lipinski definition) is 0. The fraction of sp³-hybridized carbons (Fsp3) is 0.421. The van der Waals surface area contributed by atoms with Gasteiger partial charge in [0.1, 0.15) is 5.75 Å². The second-order valence-electron chi connectivity index (χ2n) is 6.58. The molecule has 5 unspecified atom stereocenters. The number of fused-ring (bicyclic) bond motifs is 5. The van der Waals surface area contributed by atoms with Crippen LogP contribution in [-0.4, -0.2) is 12.9 Å². The van der Waals surface area contributed by atoms with Gasteiger partial charge in [0.2, 0.25) is 0 Å². The number of ether oxygens (including phenoxy) is 1. The van der Waals surface area contributed by atoms with E-state index >= 15 is 0 Å². The molecule has 1 aromatic carbocycles. The molecule has 1 aromatic rings. The van der Waals surface area contributed by atoms with Crippen LogP contribution in [0.1, 0.15) is 18.9 Å². The number of carbonyl (C=O) groups excluding carboxylic acids is 1. The molecule has 21 heavy (non-hydrogen) atoms. The topological polar surface area (TPSA) is 26.3 Å². The molecule has 0 radical (unpaired) electrons. The van der Waals surface area contributed by atoms with E-state index in [1.54, 1.807) is 7.11 Å². The lowest BCUT2D eigenvalue weighted by Crippen LogP contribution is -2.20. The van der Waals surface area contributed by atoms with Crippen molar-refractivity contribution >= 4 is 11.9 Å². The van der Waals surface area contributed by atoms with Crippen LogP contribution in [0.3, 0.4) is 0 Å². The molecule has 3 aliphatic rings. The minimum absolute atomic E-state index is 0.250. The van der Waals surface area contributed by atoms with E-state index in [0.717, 1.165) is 16.9 Å². The maximum absolute atomic E-state index is 12.8. The molecule has 2 nitrogen and oxygen atoms in total. The van der Waals surface area contributed by atoms with Crippen LogP contribution in [0.4, 0.5) is 0 Å². The van der Waals surface area contributed by atoms with Crippen molar-refractivity contribution in [2.24, 2.45) is 29.6 Å². The molecular weight excluding hydrogens is 260 g/mol. The van der Waals surface area contributed by atoms with Gasteiger partial charge in [0.25, 0.3) is 0 Å². The van der Waals surface area contributed by atoms with Gasteiger partial charge >= 0.3 is 0 Å². The van der Waals surface area contributed by atoms with E-state index < -0.39 is 0 Å². The van der Waals surface area contributed by atoms with Crippen LogP contribution in [0.2, 0.25) is 0 Å². The Morgan fingerprint density at radius 3 is 2.52 bits per heavy atom. The monoisotopic (exact) mass is 280 g/mol. The number of methoxy groups -OCH3 is 1. The summed E-state index contributed by atoms with van der Waals surface area (Å²) in [5, 5.41) is 0. The van der Waals surface area contributed by atoms with Crippen molar-refractivity contribution < 1.29 is 9.53 Å². The Balaban J connectivity index is 1.66. The van der Waals surface area contributed by atoms with Gasteiger partial charge < -0.3 is 4.74 Å². The first-order chi connectivity index (χ1) is 10.2. The third-order valence-electron chi connectivity index (χ3n) is 5.61. The van der Waals surface area contributed by atoms with Crippen molar-refractivity contribution in [1.82, 2.24) is 0 Å². The van der Waals surface area contributed by atoms with Crippen molar-refractivity contribution in [1.29, 1.82) is 0 Å². The summed E-state index contributed by atoms with van der Waals surface area (Å²) in [7, 11) is 1.67. The second-order valence-corrected chi connectivity index (χ2v) is 6.58. The summed E-state index contributed by atoms with van der Waals surface area (Å²) in [6, 6.07) is 7.94. The first-order valence-corrected chi connectivity index (χ1v) is 7.77. The zero-order chi connectivity index (χ0) is 14.6. The number of ketones is 1. The van der Waals surface area contributed by atoms with Crippen molar-refractivity contribution in [3.63, 3.8) is 0 Å². The van der Waals surface area contributed by atoms with Crippen LogP contribution < -0.4 is 4.74 Å². The Hall–Kier alpha value is -1.83. The zero-order valence-electron chi connectivity index (χ0n) is 12.5. The van der Waals surface area contributed by atoms with E-state index in [-0.39, 0.29) is 5.92 Å². The normalized spacial score (nSPS) is 38.3. The van der Waals surface area contributed by atoms with Gasteiger partial charge in [-0.05, 0) is 59.4 Å². The molecule has 0 amide bonds. The quantitative estimate of drug-likeness (QED) is 0.609. The molecule has 108 valence electrons. The number of rotatable bonds is 2. The third-order valence-corrected chi connectivity index (χ3v) is 5.61. The molecule has 2 saturated carbocycles. The highest BCUT2D eigenvalue weighted by Crippen LogP contribution is 2.57. The Morgan fingerprint density at radius 2 is 1.86 bits per heavy atom. The Kier molecular flexibility index (Phi) is 2.81. The fourth-order valence-electron chi connectivity index (χ4n) is 4.62. The van der Waals surface area contributed by atoms with Crippen molar-refractivity contribution in [2.45, 2.75) is 13.3 Å². The van der Waals surface area contributed by atoms with Crippen molar-refractivity contribution in [2.75, 3.05) is 7.11 Å². The summed E-state index contributed by atoms with van der Waals surface area (Å²) in [4.78, 5) is 12.8. The molecule has 0 saturated heterocycles. The largest absolute Gasteiger partial charge is 0.497 e. The molecule has 0 spiro atoms. The first kappa shape index (κ1) is 12.9. The molecule has 4 rings (SSSR count). The zero-order valence-corrected chi connectivity index (χ0v) is 12.5. The van der Waals surface area contributed by atoms with Gasteiger partial charge in [0, 0.05) is 5.92 Å². The summed E-state index contributed by atoms with van der Waals surface area (Å²) < 4.78 is 5.18. The summed E-state index contributed by atoms with van der Waals surface area (Å²) in [6.07, 6.45) is 7.89. The predicted molar refractivity (Wildman–Crippen MR) is 82.9 cm³/mol. The van der Waals surface area contributed by atoms with E-state index in [2.05, 4.69) is 25.2 Å². The minimum Gasteiger partial charge on any atom is -0.497 e. The van der Waals surface area contributed by atoms with Crippen LogP contribution >= 0.6 is 0 Å². The van der Waals surface area contributed by atoms with E-state index in [0.29, 0.717) is 29.5 Å². The minimum atomic E-state index is 0.250. The van der Waals surface area contributed by atoms with E-state index in [9.17, 15) is 4.79 Å². The van der Waals surface area contributed by atoms with Gasteiger partial charge in [-0.25, -0.2) is 0 Å². The molecule has 2 heteroatoms. The summed E-state index contributed by atoms with van der Waals surface area (Å²) in [5.41, 5.74) is 2.11. The van der Waals surface area contributed by atoms with Crippen LogP contribution in [0, 0.1) is 29.6 Å². The highest BCUT2D eigenvalue weighted by atomic mass is 16.5. The molecule has 5 atom stereocenters. The molecule has 0 N–H and O–H groups in total. The molecule has 0 heterocycles. The van der Waals surface area contributed by atoms with E-state index in [4.69, 9.17) is 4.74 Å². The Bertz CT molecular complexity index is 638. The highest BCUT2D eigenvalue weighted by Gasteiger charge is 2.56. The van der Waals surface area contributed by atoms with E-state index in [1.807, 2.05) is 24.3 Å². The second kappa shape index (κ2) is 4.59. The first-order valence-electron chi connectivity index (χ1n) is 7.77. The number of carbonyl (C=O) groups is 1.